The van der Waals surface area contributed by atoms with E-state index < -0.39 is 17.2 Å². The number of hydrogen-bond donors (Lipinski definition) is 2. The van der Waals surface area contributed by atoms with Crippen molar-refractivity contribution in [2.45, 2.75) is 26.6 Å². The van der Waals surface area contributed by atoms with Crippen molar-refractivity contribution < 1.29 is 19.1 Å². The first-order valence-corrected chi connectivity index (χ1v) is 13.9. The molecule has 1 heterocycles. The van der Waals surface area contributed by atoms with Crippen molar-refractivity contribution in [1.29, 1.82) is 0 Å². The number of aromatic nitrogens is 2. The normalized spacial score (nSPS) is 10.8. The minimum Gasteiger partial charge on any atom is -0.493 e. The number of benzene rings is 4. The summed E-state index contributed by atoms with van der Waals surface area (Å²) in [4.78, 5) is 52.8. The van der Waals surface area contributed by atoms with Crippen LogP contribution in [0.3, 0.4) is 0 Å². The van der Waals surface area contributed by atoms with E-state index in [2.05, 4.69) is 10.6 Å². The highest BCUT2D eigenvalue weighted by Gasteiger charge is 2.17. The lowest BCUT2D eigenvalue weighted by atomic mass is 10.1. The monoisotopic (exact) mass is 592 g/mol. The maximum absolute atomic E-state index is 13.6. The Kier molecular flexibility index (Phi) is 8.90. The molecule has 5 rings (SSSR count). The fraction of sp³-hybridized carbons (Fsp3) is 0.176. The van der Waals surface area contributed by atoms with Crippen LogP contribution in [0.15, 0.2) is 101 Å². The molecule has 0 aliphatic rings. The minimum absolute atomic E-state index is 0.0366. The number of fused-ring (bicyclic) bond motifs is 1. The maximum atomic E-state index is 13.6. The lowest BCUT2D eigenvalue weighted by molar-refractivity contribution is -0.116. The molecule has 0 aliphatic heterocycles. The molecule has 2 N–H and O–H groups in total. The van der Waals surface area contributed by atoms with Crippen LogP contribution in [0.25, 0.3) is 10.9 Å². The zero-order valence-corrected chi connectivity index (χ0v) is 24.6. The Morgan fingerprint density at radius 2 is 1.45 bits per heavy atom. The van der Waals surface area contributed by atoms with Gasteiger partial charge in [-0.25, -0.2) is 4.79 Å². The number of para-hydroxylation sites is 1. The van der Waals surface area contributed by atoms with Gasteiger partial charge < -0.3 is 20.1 Å². The zero-order chi connectivity index (χ0) is 31.2. The quantitative estimate of drug-likeness (QED) is 0.252. The summed E-state index contributed by atoms with van der Waals surface area (Å²) >= 11 is 0. The average Bonchev–Trinajstić information content (AvgIpc) is 3.04. The number of methoxy groups -OCH3 is 2. The Morgan fingerprint density at radius 1 is 0.773 bits per heavy atom. The largest absolute Gasteiger partial charge is 0.493 e. The number of aryl methyl sites for hydroxylation is 1. The Bertz CT molecular complexity index is 1940. The second-order valence-electron chi connectivity index (χ2n) is 10.3. The van der Waals surface area contributed by atoms with Gasteiger partial charge in [0.25, 0.3) is 11.5 Å². The summed E-state index contributed by atoms with van der Waals surface area (Å²) < 4.78 is 12.9. The van der Waals surface area contributed by atoms with Crippen LogP contribution in [0.2, 0.25) is 0 Å². The number of carbonyl (C=O) groups excluding carboxylic acids is 2. The summed E-state index contributed by atoms with van der Waals surface area (Å²) in [5.41, 5.74) is 2.95. The van der Waals surface area contributed by atoms with Crippen LogP contribution in [0.4, 0.5) is 5.69 Å². The van der Waals surface area contributed by atoms with Gasteiger partial charge in [-0.2, -0.15) is 0 Å². The number of amides is 2. The summed E-state index contributed by atoms with van der Waals surface area (Å²) in [5.74, 6) is 0.255. The van der Waals surface area contributed by atoms with E-state index in [4.69, 9.17) is 9.47 Å². The van der Waals surface area contributed by atoms with E-state index in [0.717, 1.165) is 15.7 Å². The number of anilines is 1. The van der Waals surface area contributed by atoms with Crippen molar-refractivity contribution in [2.75, 3.05) is 19.5 Å². The van der Waals surface area contributed by atoms with Crippen molar-refractivity contribution in [1.82, 2.24) is 14.5 Å². The van der Waals surface area contributed by atoms with E-state index in [9.17, 15) is 19.2 Å². The fourth-order valence-corrected chi connectivity index (χ4v) is 4.86. The van der Waals surface area contributed by atoms with Gasteiger partial charge in [-0.1, -0.05) is 54.1 Å². The highest BCUT2D eigenvalue weighted by atomic mass is 16.5. The molecule has 0 saturated heterocycles. The van der Waals surface area contributed by atoms with E-state index >= 15 is 0 Å². The molecule has 1 aromatic heterocycles. The smallest absolute Gasteiger partial charge is 0.332 e. The molecule has 0 spiro atoms. The predicted octanol–water partition coefficient (Wildman–Crippen LogP) is 4.11. The van der Waals surface area contributed by atoms with Crippen molar-refractivity contribution in [3.05, 3.63) is 134 Å². The fourth-order valence-electron chi connectivity index (χ4n) is 4.86. The summed E-state index contributed by atoms with van der Waals surface area (Å²) in [6, 6.07) is 26.2. The van der Waals surface area contributed by atoms with Crippen molar-refractivity contribution in [3.8, 4) is 11.5 Å². The Balaban J connectivity index is 1.36. The zero-order valence-electron chi connectivity index (χ0n) is 24.6. The summed E-state index contributed by atoms with van der Waals surface area (Å²) in [6.07, 6.45) is 0. The predicted molar refractivity (Wildman–Crippen MR) is 169 cm³/mol. The van der Waals surface area contributed by atoms with Gasteiger partial charge in [-0.05, 0) is 54.4 Å². The van der Waals surface area contributed by atoms with E-state index in [0.29, 0.717) is 45.8 Å². The summed E-state index contributed by atoms with van der Waals surface area (Å²) in [5, 5.41) is 5.98. The molecule has 44 heavy (non-hydrogen) atoms. The average molecular weight is 593 g/mol. The molecule has 0 aliphatic carbocycles. The van der Waals surface area contributed by atoms with Crippen LogP contribution in [-0.2, 0) is 24.4 Å². The van der Waals surface area contributed by atoms with E-state index in [1.807, 2.05) is 31.2 Å². The van der Waals surface area contributed by atoms with Gasteiger partial charge in [-0.3, -0.25) is 23.5 Å². The molecule has 0 radical (unpaired) electrons. The highest BCUT2D eigenvalue weighted by Crippen LogP contribution is 2.29. The first-order chi connectivity index (χ1) is 21.3. The second kappa shape index (κ2) is 13.1. The number of ether oxygens (including phenoxy) is 2. The number of hydrogen-bond acceptors (Lipinski definition) is 6. The molecule has 0 fully saturated rings. The van der Waals surface area contributed by atoms with Gasteiger partial charge >= 0.3 is 5.69 Å². The number of nitrogens with zero attached hydrogens (tertiary/aromatic N) is 2. The number of carbonyl (C=O) groups is 2. The Labute approximate surface area is 253 Å². The SMILES string of the molecule is COc1ccc(NC(=O)Cn2c(=O)n(Cc3ccc(C(=O)NCc4ccc(C)cc4)cc3)c(=O)c3ccccc32)cc1OC. The Hall–Kier alpha value is -5.64. The van der Waals surface area contributed by atoms with Gasteiger partial charge in [0.05, 0.1) is 31.7 Å². The third-order valence-corrected chi connectivity index (χ3v) is 7.23. The van der Waals surface area contributed by atoms with Crippen LogP contribution >= 0.6 is 0 Å². The standard InChI is InChI=1S/C34H32N4O6/c1-22-8-10-23(11-9-22)19-35-32(40)25-14-12-24(13-15-25)20-38-33(41)27-6-4-5-7-28(27)37(34(38)42)21-31(39)36-26-16-17-29(43-2)30(18-26)44-3/h4-18H,19-21H2,1-3H3,(H,35,40)(H,36,39). The topological polar surface area (TPSA) is 121 Å². The van der Waals surface area contributed by atoms with E-state index in [1.165, 1.54) is 18.8 Å². The van der Waals surface area contributed by atoms with Gasteiger partial charge in [0.2, 0.25) is 5.91 Å². The summed E-state index contributed by atoms with van der Waals surface area (Å²) in [7, 11) is 3.01. The molecule has 2 amide bonds. The van der Waals surface area contributed by atoms with Crippen molar-refractivity contribution in [3.63, 3.8) is 0 Å². The molecule has 0 saturated carbocycles. The molecule has 10 nitrogen and oxygen atoms in total. The molecule has 4 aromatic carbocycles. The van der Waals surface area contributed by atoms with Gasteiger partial charge in [0.1, 0.15) is 6.54 Å². The van der Waals surface area contributed by atoms with Crippen molar-refractivity contribution >= 4 is 28.4 Å². The lowest BCUT2D eigenvalue weighted by Gasteiger charge is -2.15. The van der Waals surface area contributed by atoms with E-state index in [1.54, 1.807) is 66.7 Å². The molecule has 5 aromatic rings. The summed E-state index contributed by atoms with van der Waals surface area (Å²) in [6.45, 7) is 2.04. The highest BCUT2D eigenvalue weighted by molar-refractivity contribution is 5.94. The minimum atomic E-state index is -0.629. The van der Waals surface area contributed by atoms with Crippen LogP contribution < -0.4 is 31.4 Å². The molecular weight excluding hydrogens is 560 g/mol. The third kappa shape index (κ3) is 6.54. The maximum Gasteiger partial charge on any atom is 0.332 e. The molecular formula is C34H32N4O6. The molecule has 0 atom stereocenters. The molecule has 0 bridgehead atoms. The van der Waals surface area contributed by atoms with Crippen LogP contribution in [-0.4, -0.2) is 35.2 Å². The molecule has 10 heteroatoms. The van der Waals surface area contributed by atoms with Crippen LogP contribution in [0, 0.1) is 6.92 Å². The van der Waals surface area contributed by atoms with Crippen molar-refractivity contribution in [2.24, 2.45) is 0 Å². The lowest BCUT2D eigenvalue weighted by Crippen LogP contribution is -2.42. The number of rotatable bonds is 10. The molecule has 0 unspecified atom stereocenters. The second-order valence-corrected chi connectivity index (χ2v) is 10.3. The van der Waals surface area contributed by atoms with E-state index in [-0.39, 0.29) is 19.0 Å². The van der Waals surface area contributed by atoms with Crippen LogP contribution in [0.5, 0.6) is 11.5 Å². The first kappa shape index (κ1) is 29.8. The first-order valence-electron chi connectivity index (χ1n) is 13.9. The van der Waals surface area contributed by atoms with Gasteiger partial charge in [-0.15, -0.1) is 0 Å². The number of nitrogens with one attached hydrogen (secondary N) is 2. The Morgan fingerprint density at radius 3 is 2.16 bits per heavy atom. The van der Waals surface area contributed by atoms with Gasteiger partial charge in [0, 0.05) is 23.9 Å². The third-order valence-electron chi connectivity index (χ3n) is 7.23. The van der Waals surface area contributed by atoms with Crippen LogP contribution in [0.1, 0.15) is 27.0 Å². The van der Waals surface area contributed by atoms with Gasteiger partial charge in [0.15, 0.2) is 11.5 Å². The molecule has 224 valence electrons.